The Morgan fingerprint density at radius 3 is 1.97 bits per heavy atom. The van der Waals surface area contributed by atoms with Crippen LogP contribution in [-0.4, -0.2) is 37.4 Å². The number of hydrogen-bond donors (Lipinski definition) is 0. The average molecular weight is 525 g/mol. The second kappa shape index (κ2) is 18.8. The lowest BCUT2D eigenvalue weighted by molar-refractivity contribution is -0.896. The molecule has 0 fully saturated rings. The zero-order valence-corrected chi connectivity index (χ0v) is 24.8. The molecule has 0 radical (unpaired) electrons. The van der Waals surface area contributed by atoms with Gasteiger partial charge in [0.1, 0.15) is 12.3 Å². The van der Waals surface area contributed by atoms with Crippen molar-refractivity contribution < 1.29 is 18.8 Å². The predicted octanol–water partition coefficient (Wildman–Crippen LogP) is 8.86. The van der Waals surface area contributed by atoms with Crippen LogP contribution in [0.1, 0.15) is 108 Å². The first-order valence-corrected chi connectivity index (χ1v) is 15.2. The van der Waals surface area contributed by atoms with Gasteiger partial charge in [-0.05, 0) is 37.0 Å². The number of benzene rings is 2. The molecule has 1 atom stereocenters. The lowest BCUT2D eigenvalue weighted by atomic mass is 10.0. The summed E-state index contributed by atoms with van der Waals surface area (Å²) < 4.78 is 12.5. The molecule has 2 rings (SSSR count). The van der Waals surface area contributed by atoms with Crippen molar-refractivity contribution in [2.45, 2.75) is 117 Å². The first-order chi connectivity index (χ1) is 18.4. The van der Waals surface area contributed by atoms with Crippen molar-refractivity contribution in [1.29, 1.82) is 0 Å². The van der Waals surface area contributed by atoms with Gasteiger partial charge in [0.25, 0.3) is 0 Å². The van der Waals surface area contributed by atoms with Crippen molar-refractivity contribution in [1.82, 2.24) is 0 Å². The largest absolute Gasteiger partial charge is 0.455 e. The monoisotopic (exact) mass is 524 g/mol. The van der Waals surface area contributed by atoms with Gasteiger partial charge in [-0.15, -0.1) is 0 Å². The van der Waals surface area contributed by atoms with Crippen LogP contribution in [-0.2, 0) is 22.5 Å². The number of ether oxygens (including phenoxy) is 2. The number of carbonyl (C=O) groups excluding carboxylic acids is 1. The highest BCUT2D eigenvalue weighted by Crippen LogP contribution is 2.20. The molecule has 2 aromatic carbocycles. The van der Waals surface area contributed by atoms with Gasteiger partial charge >= 0.3 is 5.97 Å². The van der Waals surface area contributed by atoms with E-state index >= 15 is 0 Å². The third kappa shape index (κ3) is 14.6. The fourth-order valence-electron chi connectivity index (χ4n) is 4.96. The Labute approximate surface area is 233 Å². The third-order valence-corrected chi connectivity index (χ3v) is 7.03. The van der Waals surface area contributed by atoms with Gasteiger partial charge in [-0.1, -0.05) is 121 Å². The second-order valence-electron chi connectivity index (χ2n) is 11.5. The van der Waals surface area contributed by atoms with E-state index in [1.807, 2.05) is 30.3 Å². The molecule has 0 aliphatic heterocycles. The fraction of sp³-hybridized carbons (Fsp3) is 0.618. The number of carbonyl (C=O) groups is 1. The summed E-state index contributed by atoms with van der Waals surface area (Å²) in [6, 6.07) is 18.6. The average Bonchev–Trinajstić information content (AvgIpc) is 2.87. The van der Waals surface area contributed by atoms with E-state index in [9.17, 15) is 4.79 Å². The normalized spacial score (nSPS) is 12.3. The number of hydrogen-bond acceptors (Lipinski definition) is 3. The maximum atomic E-state index is 12.8. The van der Waals surface area contributed by atoms with Gasteiger partial charge in [0.15, 0.2) is 6.54 Å². The first kappa shape index (κ1) is 31.9. The summed E-state index contributed by atoms with van der Waals surface area (Å²) >= 11 is 0. The fourth-order valence-corrected chi connectivity index (χ4v) is 4.96. The Kier molecular flexibility index (Phi) is 15.8. The molecular weight excluding hydrogens is 470 g/mol. The number of nitrogens with zero attached hydrogens (tertiary/aromatic N) is 1. The van der Waals surface area contributed by atoms with E-state index in [1.165, 1.54) is 81.8 Å². The van der Waals surface area contributed by atoms with Crippen LogP contribution in [0.25, 0.3) is 0 Å². The number of quaternary nitrogens is 1. The van der Waals surface area contributed by atoms with Crippen molar-refractivity contribution in [2.75, 3.05) is 20.6 Å². The number of aryl methyl sites for hydroxylation is 1. The summed E-state index contributed by atoms with van der Waals surface area (Å²) in [7, 11) is 4.12. The molecule has 0 bridgehead atoms. The Hall–Kier alpha value is -2.33. The van der Waals surface area contributed by atoms with Gasteiger partial charge in [-0.3, -0.25) is 0 Å². The van der Waals surface area contributed by atoms with Crippen LogP contribution in [0.5, 0.6) is 5.75 Å². The van der Waals surface area contributed by atoms with E-state index < -0.39 is 6.29 Å². The van der Waals surface area contributed by atoms with Crippen molar-refractivity contribution in [3.05, 3.63) is 65.7 Å². The Morgan fingerprint density at radius 1 is 0.737 bits per heavy atom. The van der Waals surface area contributed by atoms with Crippen LogP contribution in [0.2, 0.25) is 0 Å². The van der Waals surface area contributed by atoms with E-state index in [4.69, 9.17) is 9.47 Å². The van der Waals surface area contributed by atoms with Gasteiger partial charge in [0, 0.05) is 12.0 Å². The van der Waals surface area contributed by atoms with Crippen LogP contribution < -0.4 is 4.74 Å². The van der Waals surface area contributed by atoms with Crippen LogP contribution in [0.4, 0.5) is 0 Å². The van der Waals surface area contributed by atoms with Crippen molar-refractivity contribution in [2.24, 2.45) is 0 Å². The summed E-state index contributed by atoms with van der Waals surface area (Å²) in [5, 5.41) is 0. The molecule has 0 saturated heterocycles. The number of rotatable bonds is 21. The minimum Gasteiger partial charge on any atom is -0.455 e. The molecule has 2 aromatic rings. The van der Waals surface area contributed by atoms with E-state index in [0.717, 1.165) is 25.1 Å². The number of esters is 1. The molecule has 0 N–H and O–H groups in total. The zero-order chi connectivity index (χ0) is 27.5. The highest BCUT2D eigenvalue weighted by atomic mass is 16.7. The molecule has 1 unspecified atom stereocenters. The van der Waals surface area contributed by atoms with Gasteiger partial charge in [0.2, 0.25) is 6.29 Å². The topological polar surface area (TPSA) is 35.5 Å². The minimum absolute atomic E-state index is 0.221. The molecule has 0 aromatic heterocycles. The van der Waals surface area contributed by atoms with Crippen molar-refractivity contribution in [3.63, 3.8) is 0 Å². The standard InChI is InChI=1S/C34H54NO3/c1-5-7-8-9-10-11-12-13-14-15-17-22-30-25-20-26-32(27-30)37-34(21-6-2)38-33(36)29-35(3,4)28-31-23-18-16-19-24-31/h16,18-20,23-27,34H,5-15,17,21-22,28-29H2,1-4H3/q+1. The SMILES string of the molecule is CCCCCCCCCCCCCc1cccc(OC(CCC)OC(=O)C[N+](C)(C)Cc2ccccc2)c1. The van der Waals surface area contributed by atoms with Crippen molar-refractivity contribution in [3.8, 4) is 5.75 Å². The lowest BCUT2D eigenvalue weighted by Crippen LogP contribution is -2.44. The summed E-state index contributed by atoms with van der Waals surface area (Å²) in [6.45, 7) is 5.44. The number of unbranched alkanes of at least 4 members (excludes halogenated alkanes) is 10. The second-order valence-corrected chi connectivity index (χ2v) is 11.5. The Morgan fingerprint density at radius 2 is 1.34 bits per heavy atom. The summed E-state index contributed by atoms with van der Waals surface area (Å²) in [4.78, 5) is 12.8. The molecular formula is C34H54NO3+. The van der Waals surface area contributed by atoms with Gasteiger partial charge in [-0.25, -0.2) is 4.79 Å². The Bertz CT molecular complexity index is 880. The molecule has 0 aliphatic carbocycles. The number of likely N-dealkylation sites (N-methyl/N-ethyl adjacent to an activating group) is 1. The third-order valence-electron chi connectivity index (χ3n) is 7.03. The minimum atomic E-state index is -0.554. The van der Waals surface area contributed by atoms with Crippen LogP contribution in [0.15, 0.2) is 54.6 Å². The highest BCUT2D eigenvalue weighted by molar-refractivity contribution is 5.70. The summed E-state index contributed by atoms with van der Waals surface area (Å²) in [6.07, 6.45) is 17.0. The molecule has 0 amide bonds. The molecule has 0 heterocycles. The van der Waals surface area contributed by atoms with Gasteiger partial charge < -0.3 is 14.0 Å². The quantitative estimate of drug-likeness (QED) is 0.0708. The maximum absolute atomic E-state index is 12.8. The van der Waals surface area contributed by atoms with Crippen LogP contribution in [0, 0.1) is 0 Å². The van der Waals surface area contributed by atoms with Crippen LogP contribution >= 0.6 is 0 Å². The molecule has 212 valence electrons. The molecule has 0 spiro atoms. The van der Waals surface area contributed by atoms with Crippen LogP contribution in [0.3, 0.4) is 0 Å². The lowest BCUT2D eigenvalue weighted by Gasteiger charge is -2.29. The molecule has 0 aliphatic rings. The molecule has 4 nitrogen and oxygen atoms in total. The van der Waals surface area contributed by atoms with Crippen molar-refractivity contribution >= 4 is 5.97 Å². The Balaban J connectivity index is 1.71. The summed E-state index contributed by atoms with van der Waals surface area (Å²) in [5.41, 5.74) is 2.50. The van der Waals surface area contributed by atoms with E-state index in [1.54, 1.807) is 0 Å². The highest BCUT2D eigenvalue weighted by Gasteiger charge is 2.25. The molecule has 0 saturated carbocycles. The maximum Gasteiger partial charge on any atom is 0.364 e. The molecule has 38 heavy (non-hydrogen) atoms. The zero-order valence-electron chi connectivity index (χ0n) is 24.8. The van der Waals surface area contributed by atoms with Gasteiger partial charge in [0.05, 0.1) is 14.1 Å². The van der Waals surface area contributed by atoms with E-state index in [-0.39, 0.29) is 5.97 Å². The van der Waals surface area contributed by atoms with E-state index in [0.29, 0.717) is 17.4 Å². The molecule has 4 heteroatoms. The summed E-state index contributed by atoms with van der Waals surface area (Å²) in [5.74, 6) is 0.566. The first-order valence-electron chi connectivity index (χ1n) is 15.2. The van der Waals surface area contributed by atoms with Gasteiger partial charge in [-0.2, -0.15) is 0 Å². The van der Waals surface area contributed by atoms with E-state index in [2.05, 4.69) is 52.2 Å². The smallest absolute Gasteiger partial charge is 0.364 e. The predicted molar refractivity (Wildman–Crippen MR) is 159 cm³/mol.